The average Bonchev–Trinajstić information content (AvgIpc) is 2.78. The van der Waals surface area contributed by atoms with Gasteiger partial charge in [-0.1, -0.05) is 12.1 Å². The van der Waals surface area contributed by atoms with Gasteiger partial charge in [0.25, 0.3) is 0 Å². The summed E-state index contributed by atoms with van der Waals surface area (Å²) in [5, 5.41) is 0. The van der Waals surface area contributed by atoms with Crippen LogP contribution in [0.3, 0.4) is 0 Å². The lowest BCUT2D eigenvalue weighted by Gasteiger charge is -2.14. The van der Waals surface area contributed by atoms with E-state index in [-0.39, 0.29) is 0 Å². The summed E-state index contributed by atoms with van der Waals surface area (Å²) in [5.74, 6) is 1.60. The summed E-state index contributed by atoms with van der Waals surface area (Å²) in [6.45, 7) is 3.84. The minimum atomic E-state index is -0.461. The Bertz CT molecular complexity index is 511. The lowest BCUT2D eigenvalue weighted by atomic mass is 10.1. The molecule has 2 rings (SSSR count). The minimum Gasteiger partial charge on any atom is -0.497 e. The molecule has 0 atom stereocenters. The summed E-state index contributed by atoms with van der Waals surface area (Å²) in [5.41, 5.74) is 7.50. The van der Waals surface area contributed by atoms with Crippen LogP contribution in [0.4, 0.5) is 0 Å². The van der Waals surface area contributed by atoms with E-state index < -0.39 is 5.54 Å². The Kier molecular flexibility index (Phi) is 2.90. The molecule has 0 saturated carbocycles. The van der Waals surface area contributed by atoms with Gasteiger partial charge in [-0.2, -0.15) is 0 Å². The predicted octanol–water partition coefficient (Wildman–Crippen LogP) is 2.28. The van der Waals surface area contributed by atoms with Crippen LogP contribution in [0, 0.1) is 0 Å². The van der Waals surface area contributed by atoms with Crippen molar-refractivity contribution in [2.45, 2.75) is 19.4 Å². The monoisotopic (exact) mass is 231 g/mol. The zero-order valence-electron chi connectivity index (χ0n) is 10.3. The molecule has 2 aromatic rings. The molecule has 0 radical (unpaired) electrons. The Morgan fingerprint density at radius 2 is 2.12 bits per heavy atom. The first-order valence-electron chi connectivity index (χ1n) is 5.49. The molecule has 1 heterocycles. The highest BCUT2D eigenvalue weighted by Gasteiger charge is 2.18. The summed E-state index contributed by atoms with van der Waals surface area (Å²) in [6.07, 6.45) is 1.79. The lowest BCUT2D eigenvalue weighted by molar-refractivity contribution is 0.415. The fraction of sp³-hybridized carbons (Fsp3) is 0.308. The highest BCUT2D eigenvalue weighted by atomic mass is 16.5. The van der Waals surface area contributed by atoms with Crippen molar-refractivity contribution in [2.75, 3.05) is 7.11 Å². The molecule has 0 amide bonds. The van der Waals surface area contributed by atoms with Gasteiger partial charge in [-0.3, -0.25) is 0 Å². The molecule has 3 N–H and O–H groups in total. The number of imidazole rings is 1. The largest absolute Gasteiger partial charge is 0.497 e. The molecule has 0 spiro atoms. The van der Waals surface area contributed by atoms with Gasteiger partial charge in [0.05, 0.1) is 24.5 Å². The van der Waals surface area contributed by atoms with Crippen molar-refractivity contribution in [3.8, 4) is 17.0 Å². The highest BCUT2D eigenvalue weighted by Crippen LogP contribution is 2.24. The van der Waals surface area contributed by atoms with E-state index in [2.05, 4.69) is 9.97 Å². The Morgan fingerprint density at radius 3 is 2.71 bits per heavy atom. The van der Waals surface area contributed by atoms with Crippen molar-refractivity contribution in [1.29, 1.82) is 0 Å². The molecule has 1 aromatic carbocycles. The molecular weight excluding hydrogens is 214 g/mol. The second-order valence-corrected chi connectivity index (χ2v) is 4.60. The van der Waals surface area contributed by atoms with Crippen molar-refractivity contribution in [2.24, 2.45) is 5.73 Å². The van der Waals surface area contributed by atoms with E-state index in [1.807, 2.05) is 38.1 Å². The number of hydrogen-bond donors (Lipinski definition) is 2. The van der Waals surface area contributed by atoms with Crippen LogP contribution in [0.5, 0.6) is 5.75 Å². The summed E-state index contributed by atoms with van der Waals surface area (Å²) in [4.78, 5) is 7.53. The summed E-state index contributed by atoms with van der Waals surface area (Å²) >= 11 is 0. The van der Waals surface area contributed by atoms with Crippen LogP contribution >= 0.6 is 0 Å². The van der Waals surface area contributed by atoms with Crippen molar-refractivity contribution < 1.29 is 4.74 Å². The first kappa shape index (κ1) is 11.7. The molecule has 4 nitrogen and oxygen atoms in total. The van der Waals surface area contributed by atoms with Crippen LogP contribution in [0.25, 0.3) is 11.3 Å². The number of ether oxygens (including phenoxy) is 1. The van der Waals surface area contributed by atoms with Gasteiger partial charge >= 0.3 is 0 Å². The maximum absolute atomic E-state index is 5.99. The average molecular weight is 231 g/mol. The van der Waals surface area contributed by atoms with Crippen molar-refractivity contribution in [3.05, 3.63) is 36.3 Å². The number of benzene rings is 1. The maximum Gasteiger partial charge on any atom is 0.126 e. The third kappa shape index (κ3) is 2.47. The normalized spacial score (nSPS) is 11.5. The quantitative estimate of drug-likeness (QED) is 0.851. The van der Waals surface area contributed by atoms with E-state index in [9.17, 15) is 0 Å². The SMILES string of the molecule is COc1cccc(-c2cnc(C(C)(C)N)[nH]2)c1. The Balaban J connectivity index is 2.37. The number of nitrogens with one attached hydrogen (secondary N) is 1. The van der Waals surface area contributed by atoms with Crippen LogP contribution < -0.4 is 10.5 Å². The zero-order valence-corrected chi connectivity index (χ0v) is 10.3. The highest BCUT2D eigenvalue weighted by molar-refractivity contribution is 5.60. The topological polar surface area (TPSA) is 63.9 Å². The molecule has 1 aromatic heterocycles. The van der Waals surface area contributed by atoms with Gasteiger partial charge in [0.2, 0.25) is 0 Å². The van der Waals surface area contributed by atoms with E-state index in [1.165, 1.54) is 0 Å². The third-order valence-corrected chi connectivity index (χ3v) is 2.57. The fourth-order valence-electron chi connectivity index (χ4n) is 1.59. The molecule has 0 aliphatic heterocycles. The first-order valence-corrected chi connectivity index (χ1v) is 5.49. The molecule has 90 valence electrons. The summed E-state index contributed by atoms with van der Waals surface area (Å²) < 4.78 is 5.19. The van der Waals surface area contributed by atoms with Crippen LogP contribution in [-0.4, -0.2) is 17.1 Å². The zero-order chi connectivity index (χ0) is 12.5. The number of rotatable bonds is 3. The van der Waals surface area contributed by atoms with Gasteiger partial charge in [-0.15, -0.1) is 0 Å². The number of aromatic amines is 1. The Hall–Kier alpha value is -1.81. The molecule has 4 heteroatoms. The Labute approximate surface area is 101 Å². The maximum atomic E-state index is 5.99. The predicted molar refractivity (Wildman–Crippen MR) is 67.8 cm³/mol. The molecule has 0 saturated heterocycles. The number of aromatic nitrogens is 2. The van der Waals surface area contributed by atoms with E-state index >= 15 is 0 Å². The lowest BCUT2D eigenvalue weighted by Crippen LogP contribution is -2.30. The fourth-order valence-corrected chi connectivity index (χ4v) is 1.59. The van der Waals surface area contributed by atoms with Gasteiger partial charge in [0.1, 0.15) is 11.6 Å². The molecule has 0 aliphatic carbocycles. The van der Waals surface area contributed by atoms with E-state index in [0.717, 1.165) is 22.8 Å². The molecule has 0 aliphatic rings. The molecule has 0 fully saturated rings. The number of nitrogens with zero attached hydrogens (tertiary/aromatic N) is 1. The molecular formula is C13H17N3O. The van der Waals surface area contributed by atoms with E-state index in [0.29, 0.717) is 0 Å². The van der Waals surface area contributed by atoms with Gasteiger partial charge in [0.15, 0.2) is 0 Å². The second-order valence-electron chi connectivity index (χ2n) is 4.60. The number of hydrogen-bond acceptors (Lipinski definition) is 3. The van der Waals surface area contributed by atoms with Gasteiger partial charge in [-0.05, 0) is 26.0 Å². The standard InChI is InChI=1S/C13H17N3O/c1-13(2,14)12-15-8-11(16-12)9-5-4-6-10(7-9)17-3/h4-8H,14H2,1-3H3,(H,15,16). The van der Waals surface area contributed by atoms with Gasteiger partial charge in [-0.25, -0.2) is 4.98 Å². The van der Waals surface area contributed by atoms with Crippen LogP contribution in [0.15, 0.2) is 30.5 Å². The number of nitrogens with two attached hydrogens (primary N) is 1. The molecule has 0 bridgehead atoms. The molecule has 0 unspecified atom stereocenters. The van der Waals surface area contributed by atoms with Crippen LogP contribution in [0.2, 0.25) is 0 Å². The van der Waals surface area contributed by atoms with E-state index in [1.54, 1.807) is 13.3 Å². The number of H-pyrrole nitrogens is 1. The summed E-state index contributed by atoms with van der Waals surface area (Å²) in [7, 11) is 1.65. The summed E-state index contributed by atoms with van der Waals surface area (Å²) in [6, 6.07) is 7.82. The van der Waals surface area contributed by atoms with Crippen LogP contribution in [0.1, 0.15) is 19.7 Å². The van der Waals surface area contributed by atoms with E-state index in [4.69, 9.17) is 10.5 Å². The van der Waals surface area contributed by atoms with Crippen molar-refractivity contribution in [3.63, 3.8) is 0 Å². The third-order valence-electron chi connectivity index (χ3n) is 2.57. The second kappa shape index (κ2) is 4.22. The Morgan fingerprint density at radius 1 is 1.35 bits per heavy atom. The van der Waals surface area contributed by atoms with Crippen LogP contribution in [-0.2, 0) is 5.54 Å². The number of methoxy groups -OCH3 is 1. The molecule has 17 heavy (non-hydrogen) atoms. The van der Waals surface area contributed by atoms with Gasteiger partial charge in [0, 0.05) is 5.56 Å². The smallest absolute Gasteiger partial charge is 0.126 e. The minimum absolute atomic E-state index is 0.461. The van der Waals surface area contributed by atoms with Gasteiger partial charge < -0.3 is 15.5 Å². The first-order chi connectivity index (χ1) is 8.00. The van der Waals surface area contributed by atoms with Crippen molar-refractivity contribution >= 4 is 0 Å². The van der Waals surface area contributed by atoms with Crippen molar-refractivity contribution in [1.82, 2.24) is 9.97 Å².